The fraction of sp³-hybridized carbons (Fsp3) is 0.364. The number of aryl methyl sites for hydroxylation is 1. The van der Waals surface area contributed by atoms with Crippen molar-refractivity contribution in [2.45, 2.75) is 20.8 Å². The van der Waals surface area contributed by atoms with E-state index in [1.54, 1.807) is 0 Å². The number of carbonyl (C=O) groups is 1. The Morgan fingerprint density at radius 3 is 2.71 bits per heavy atom. The molecule has 14 heavy (non-hydrogen) atoms. The van der Waals surface area contributed by atoms with Crippen molar-refractivity contribution in [1.29, 1.82) is 0 Å². The quantitative estimate of drug-likeness (QED) is 0.800. The van der Waals surface area contributed by atoms with E-state index >= 15 is 0 Å². The summed E-state index contributed by atoms with van der Waals surface area (Å²) in [6.07, 6.45) is 0. The van der Waals surface area contributed by atoms with Crippen molar-refractivity contribution in [2.24, 2.45) is 0 Å². The van der Waals surface area contributed by atoms with Crippen molar-refractivity contribution in [3.63, 3.8) is 0 Å². The predicted molar refractivity (Wildman–Crippen MR) is 56.7 cm³/mol. The molecule has 76 valence electrons. The molecule has 0 saturated carbocycles. The minimum atomic E-state index is -0.0581. The summed E-state index contributed by atoms with van der Waals surface area (Å²) in [5.41, 5.74) is 1.84. The van der Waals surface area contributed by atoms with Gasteiger partial charge < -0.3 is 10.1 Å². The largest absolute Gasteiger partial charge is 0.494 e. The zero-order valence-corrected chi connectivity index (χ0v) is 8.76. The van der Waals surface area contributed by atoms with Crippen molar-refractivity contribution >= 4 is 11.6 Å². The lowest BCUT2D eigenvalue weighted by Gasteiger charge is -2.08. The summed E-state index contributed by atoms with van der Waals surface area (Å²) < 4.78 is 5.33. The summed E-state index contributed by atoms with van der Waals surface area (Å²) in [6.45, 7) is 6.03. The van der Waals surface area contributed by atoms with Gasteiger partial charge in [0.2, 0.25) is 5.91 Å². The monoisotopic (exact) mass is 193 g/mol. The number of rotatable bonds is 3. The molecule has 3 heteroatoms. The number of carbonyl (C=O) groups excluding carboxylic acids is 1. The van der Waals surface area contributed by atoms with Gasteiger partial charge in [0.1, 0.15) is 5.75 Å². The van der Waals surface area contributed by atoms with Crippen molar-refractivity contribution in [2.75, 3.05) is 11.9 Å². The average molecular weight is 193 g/mol. The van der Waals surface area contributed by atoms with Gasteiger partial charge in [0.15, 0.2) is 0 Å². The molecule has 1 amide bonds. The van der Waals surface area contributed by atoms with Gasteiger partial charge in [-0.2, -0.15) is 0 Å². The number of ether oxygens (including phenoxy) is 1. The van der Waals surface area contributed by atoms with Crippen LogP contribution < -0.4 is 10.1 Å². The van der Waals surface area contributed by atoms with Crippen LogP contribution in [0.3, 0.4) is 0 Å². The van der Waals surface area contributed by atoms with E-state index < -0.39 is 0 Å². The molecule has 0 aliphatic carbocycles. The molecule has 3 nitrogen and oxygen atoms in total. The van der Waals surface area contributed by atoms with Crippen LogP contribution in [-0.2, 0) is 4.79 Å². The minimum Gasteiger partial charge on any atom is -0.494 e. The van der Waals surface area contributed by atoms with Gasteiger partial charge in [-0.05, 0) is 37.6 Å². The van der Waals surface area contributed by atoms with E-state index in [0.29, 0.717) is 6.61 Å². The molecule has 0 heterocycles. The Bertz CT molecular complexity index is 334. The molecule has 0 radical (unpaired) electrons. The molecule has 1 aromatic carbocycles. The van der Waals surface area contributed by atoms with E-state index in [1.165, 1.54) is 6.92 Å². The molecule has 1 rings (SSSR count). The van der Waals surface area contributed by atoms with Crippen LogP contribution >= 0.6 is 0 Å². The lowest BCUT2D eigenvalue weighted by Crippen LogP contribution is -2.07. The van der Waals surface area contributed by atoms with Gasteiger partial charge in [0, 0.05) is 12.6 Å². The first kappa shape index (κ1) is 10.6. The molecule has 0 aromatic heterocycles. The predicted octanol–water partition coefficient (Wildman–Crippen LogP) is 2.35. The van der Waals surface area contributed by atoms with E-state index in [9.17, 15) is 4.79 Å². The third-order valence-electron chi connectivity index (χ3n) is 1.82. The zero-order valence-electron chi connectivity index (χ0n) is 8.76. The first-order valence-corrected chi connectivity index (χ1v) is 4.64. The van der Waals surface area contributed by atoms with Crippen LogP contribution in [0.2, 0.25) is 0 Å². The van der Waals surface area contributed by atoms with Gasteiger partial charge in [-0.1, -0.05) is 0 Å². The van der Waals surface area contributed by atoms with Gasteiger partial charge in [0.25, 0.3) is 0 Å². The van der Waals surface area contributed by atoms with Crippen LogP contribution in [0.1, 0.15) is 19.4 Å². The number of benzene rings is 1. The molecule has 0 aliphatic heterocycles. The second kappa shape index (κ2) is 4.65. The summed E-state index contributed by atoms with van der Waals surface area (Å²) in [7, 11) is 0. The van der Waals surface area contributed by atoms with Crippen LogP contribution in [0.4, 0.5) is 5.69 Å². The molecule has 1 aromatic rings. The summed E-state index contributed by atoms with van der Waals surface area (Å²) >= 11 is 0. The van der Waals surface area contributed by atoms with Gasteiger partial charge >= 0.3 is 0 Å². The smallest absolute Gasteiger partial charge is 0.221 e. The highest BCUT2D eigenvalue weighted by molar-refractivity contribution is 5.89. The molecule has 0 saturated heterocycles. The number of amides is 1. The average Bonchev–Trinajstić information content (AvgIpc) is 2.10. The number of anilines is 1. The normalized spacial score (nSPS) is 9.64. The molecular formula is C11H15NO2. The number of hydrogen-bond donors (Lipinski definition) is 1. The van der Waals surface area contributed by atoms with E-state index in [-0.39, 0.29) is 5.91 Å². The maximum atomic E-state index is 10.8. The van der Waals surface area contributed by atoms with Crippen LogP contribution in [0.5, 0.6) is 5.75 Å². The Labute approximate surface area is 84.1 Å². The van der Waals surface area contributed by atoms with E-state index in [1.807, 2.05) is 32.0 Å². The first-order valence-electron chi connectivity index (χ1n) is 4.64. The van der Waals surface area contributed by atoms with Gasteiger partial charge in [-0.25, -0.2) is 0 Å². The number of hydrogen-bond acceptors (Lipinski definition) is 2. The fourth-order valence-electron chi connectivity index (χ4n) is 1.22. The van der Waals surface area contributed by atoms with Crippen molar-refractivity contribution < 1.29 is 9.53 Å². The Morgan fingerprint density at radius 1 is 1.50 bits per heavy atom. The summed E-state index contributed by atoms with van der Waals surface area (Å²) in [4.78, 5) is 10.8. The molecule has 0 aliphatic rings. The van der Waals surface area contributed by atoms with Gasteiger partial charge in [-0.15, -0.1) is 0 Å². The maximum Gasteiger partial charge on any atom is 0.221 e. The minimum absolute atomic E-state index is 0.0581. The fourth-order valence-corrected chi connectivity index (χ4v) is 1.22. The third-order valence-corrected chi connectivity index (χ3v) is 1.82. The lowest BCUT2D eigenvalue weighted by atomic mass is 10.2. The van der Waals surface area contributed by atoms with Crippen LogP contribution in [0.15, 0.2) is 18.2 Å². The summed E-state index contributed by atoms with van der Waals surface area (Å²) in [5.74, 6) is 0.774. The van der Waals surface area contributed by atoms with E-state index in [4.69, 9.17) is 4.74 Å². The second-order valence-corrected chi connectivity index (χ2v) is 3.09. The number of nitrogens with one attached hydrogen (secondary N) is 1. The third kappa shape index (κ3) is 2.76. The van der Waals surface area contributed by atoms with Crippen LogP contribution in [0, 0.1) is 6.92 Å². The molecule has 0 spiro atoms. The van der Waals surface area contributed by atoms with Gasteiger partial charge in [-0.3, -0.25) is 4.79 Å². The Hall–Kier alpha value is -1.51. The highest BCUT2D eigenvalue weighted by Crippen LogP contribution is 2.21. The molecule has 0 unspecified atom stereocenters. The Balaban J connectivity index is 2.84. The summed E-state index contributed by atoms with van der Waals surface area (Å²) in [6, 6.07) is 5.61. The van der Waals surface area contributed by atoms with Crippen molar-refractivity contribution in [3.8, 4) is 5.75 Å². The maximum absolute atomic E-state index is 10.8. The molecule has 0 bridgehead atoms. The Morgan fingerprint density at radius 2 is 2.21 bits per heavy atom. The van der Waals surface area contributed by atoms with Crippen LogP contribution in [0.25, 0.3) is 0 Å². The summed E-state index contributed by atoms with van der Waals surface area (Å²) in [5, 5.41) is 2.75. The van der Waals surface area contributed by atoms with Gasteiger partial charge in [0.05, 0.1) is 6.61 Å². The van der Waals surface area contributed by atoms with E-state index in [0.717, 1.165) is 17.0 Å². The highest BCUT2D eigenvalue weighted by Gasteiger charge is 2.01. The molecular weight excluding hydrogens is 178 g/mol. The van der Waals surface area contributed by atoms with Crippen molar-refractivity contribution in [3.05, 3.63) is 23.8 Å². The standard InChI is InChI=1S/C11H15NO2/c1-4-14-10-5-6-11(8(2)7-10)12-9(3)13/h5-7H,4H2,1-3H3,(H,12,13). The topological polar surface area (TPSA) is 38.3 Å². The highest BCUT2D eigenvalue weighted by atomic mass is 16.5. The molecule has 1 N–H and O–H groups in total. The van der Waals surface area contributed by atoms with Crippen LogP contribution in [-0.4, -0.2) is 12.5 Å². The first-order chi connectivity index (χ1) is 6.63. The SMILES string of the molecule is CCOc1ccc(NC(C)=O)c(C)c1. The molecule has 0 fully saturated rings. The lowest BCUT2D eigenvalue weighted by molar-refractivity contribution is -0.114. The van der Waals surface area contributed by atoms with E-state index in [2.05, 4.69) is 5.32 Å². The Kier molecular flexibility index (Phi) is 3.51. The molecule has 0 atom stereocenters. The zero-order chi connectivity index (χ0) is 10.6. The van der Waals surface area contributed by atoms with Crippen molar-refractivity contribution in [1.82, 2.24) is 0 Å². The second-order valence-electron chi connectivity index (χ2n) is 3.09.